The Kier molecular flexibility index (Phi) is 5.74. The molecule has 0 saturated carbocycles. The van der Waals surface area contributed by atoms with Crippen LogP contribution in [0.5, 0.6) is 0 Å². The van der Waals surface area contributed by atoms with Crippen LogP contribution in [0.25, 0.3) is 0 Å². The van der Waals surface area contributed by atoms with Gasteiger partial charge in [-0.15, -0.1) is 0 Å². The standard InChI is InChI=1S/C17H26N2O/c1-4-5-9-15-13-14-8-6-7-10-16(14)17(18-15)20-12-11-19(2)3/h6-8,10,17H,4-5,9,11-13H2,1-3H3. The molecule has 1 atom stereocenters. The van der Waals surface area contributed by atoms with Crippen molar-refractivity contribution in [2.75, 3.05) is 27.2 Å². The molecule has 1 heterocycles. The van der Waals surface area contributed by atoms with Gasteiger partial charge < -0.3 is 9.64 Å². The van der Waals surface area contributed by atoms with Crippen molar-refractivity contribution in [1.29, 1.82) is 0 Å². The molecular formula is C17H26N2O. The largest absolute Gasteiger partial charge is 0.351 e. The van der Waals surface area contributed by atoms with Crippen molar-refractivity contribution in [2.45, 2.75) is 38.8 Å². The van der Waals surface area contributed by atoms with Gasteiger partial charge in [-0.3, -0.25) is 4.99 Å². The van der Waals surface area contributed by atoms with Crippen LogP contribution < -0.4 is 0 Å². The summed E-state index contributed by atoms with van der Waals surface area (Å²) in [4.78, 5) is 6.97. The third-order valence-corrected chi connectivity index (χ3v) is 3.65. The molecule has 0 bridgehead atoms. The van der Waals surface area contributed by atoms with Gasteiger partial charge >= 0.3 is 0 Å². The molecule has 0 N–H and O–H groups in total. The zero-order valence-corrected chi connectivity index (χ0v) is 12.9. The molecule has 0 radical (unpaired) electrons. The molecule has 1 aromatic rings. The molecule has 0 spiro atoms. The van der Waals surface area contributed by atoms with Crippen molar-refractivity contribution < 1.29 is 4.74 Å². The van der Waals surface area contributed by atoms with Crippen LogP contribution in [0.3, 0.4) is 0 Å². The molecule has 0 fully saturated rings. The Morgan fingerprint density at radius 2 is 2.10 bits per heavy atom. The molecule has 1 aliphatic heterocycles. The lowest BCUT2D eigenvalue weighted by Gasteiger charge is -2.25. The van der Waals surface area contributed by atoms with Gasteiger partial charge in [0.1, 0.15) is 0 Å². The van der Waals surface area contributed by atoms with Crippen LogP contribution in [-0.4, -0.2) is 37.9 Å². The smallest absolute Gasteiger partial charge is 0.174 e. The first-order chi connectivity index (χ1) is 9.70. The number of hydrogen-bond acceptors (Lipinski definition) is 3. The van der Waals surface area contributed by atoms with Crippen LogP contribution in [0.1, 0.15) is 43.5 Å². The summed E-state index contributed by atoms with van der Waals surface area (Å²) >= 11 is 0. The molecule has 0 aromatic heterocycles. The summed E-state index contributed by atoms with van der Waals surface area (Å²) in [6.07, 6.45) is 4.41. The first-order valence-corrected chi connectivity index (χ1v) is 7.60. The monoisotopic (exact) mass is 274 g/mol. The highest BCUT2D eigenvalue weighted by Crippen LogP contribution is 2.29. The van der Waals surface area contributed by atoms with Gasteiger partial charge in [0.05, 0.1) is 6.61 Å². The fourth-order valence-corrected chi connectivity index (χ4v) is 2.44. The quantitative estimate of drug-likeness (QED) is 0.760. The van der Waals surface area contributed by atoms with Crippen molar-refractivity contribution in [2.24, 2.45) is 4.99 Å². The lowest BCUT2D eigenvalue weighted by Crippen LogP contribution is -2.22. The van der Waals surface area contributed by atoms with Gasteiger partial charge in [-0.2, -0.15) is 0 Å². The van der Waals surface area contributed by atoms with Gasteiger partial charge in [-0.05, 0) is 32.5 Å². The maximum absolute atomic E-state index is 6.00. The number of ether oxygens (including phenoxy) is 1. The third kappa shape index (κ3) is 4.15. The van der Waals surface area contributed by atoms with E-state index in [0.29, 0.717) is 0 Å². The maximum atomic E-state index is 6.00. The molecule has 0 aliphatic carbocycles. The molecule has 110 valence electrons. The summed E-state index contributed by atoms with van der Waals surface area (Å²) < 4.78 is 6.00. The summed E-state index contributed by atoms with van der Waals surface area (Å²) in [6, 6.07) is 8.54. The molecule has 1 aliphatic rings. The Morgan fingerprint density at radius 1 is 1.30 bits per heavy atom. The molecule has 3 nitrogen and oxygen atoms in total. The van der Waals surface area contributed by atoms with E-state index in [9.17, 15) is 0 Å². The van der Waals surface area contributed by atoms with Gasteiger partial charge in [0.15, 0.2) is 6.23 Å². The van der Waals surface area contributed by atoms with Gasteiger partial charge in [0.25, 0.3) is 0 Å². The fraction of sp³-hybridized carbons (Fsp3) is 0.588. The van der Waals surface area contributed by atoms with Crippen LogP contribution in [0, 0.1) is 0 Å². The van der Waals surface area contributed by atoms with E-state index in [0.717, 1.165) is 26.0 Å². The van der Waals surface area contributed by atoms with Crippen molar-refractivity contribution in [3.8, 4) is 0 Å². The highest BCUT2D eigenvalue weighted by atomic mass is 16.5. The van der Waals surface area contributed by atoms with E-state index in [1.807, 2.05) is 0 Å². The van der Waals surface area contributed by atoms with Crippen LogP contribution in [-0.2, 0) is 11.2 Å². The summed E-state index contributed by atoms with van der Waals surface area (Å²) in [5.74, 6) is 0. The zero-order valence-electron chi connectivity index (χ0n) is 12.9. The van der Waals surface area contributed by atoms with Crippen LogP contribution >= 0.6 is 0 Å². The van der Waals surface area contributed by atoms with Gasteiger partial charge in [0.2, 0.25) is 0 Å². The lowest BCUT2D eigenvalue weighted by molar-refractivity contribution is 0.0476. The summed E-state index contributed by atoms with van der Waals surface area (Å²) in [5, 5.41) is 0. The number of unbranched alkanes of at least 4 members (excludes halogenated alkanes) is 1. The van der Waals surface area contributed by atoms with Crippen LogP contribution in [0.4, 0.5) is 0 Å². The Hall–Kier alpha value is -1.19. The van der Waals surface area contributed by atoms with Crippen molar-refractivity contribution >= 4 is 5.71 Å². The van der Waals surface area contributed by atoms with Crippen molar-refractivity contribution in [1.82, 2.24) is 4.90 Å². The number of nitrogens with zero attached hydrogens (tertiary/aromatic N) is 2. The SMILES string of the molecule is CCCCC1=NC(OCCN(C)C)c2ccccc2C1. The number of likely N-dealkylation sites (N-methyl/N-ethyl adjacent to an activating group) is 1. The summed E-state index contributed by atoms with van der Waals surface area (Å²) in [7, 11) is 4.13. The first kappa shape index (κ1) is 15.2. The van der Waals surface area contributed by atoms with Gasteiger partial charge in [-0.1, -0.05) is 37.6 Å². The molecular weight excluding hydrogens is 248 g/mol. The highest BCUT2D eigenvalue weighted by molar-refractivity contribution is 5.88. The van der Waals surface area contributed by atoms with E-state index in [-0.39, 0.29) is 6.23 Å². The Morgan fingerprint density at radius 3 is 2.85 bits per heavy atom. The predicted octanol–water partition coefficient (Wildman–Crippen LogP) is 3.45. The highest BCUT2D eigenvalue weighted by Gasteiger charge is 2.21. The Bertz CT molecular complexity index is 454. The Balaban J connectivity index is 2.07. The molecule has 0 saturated heterocycles. The van der Waals surface area contributed by atoms with Crippen LogP contribution in [0.2, 0.25) is 0 Å². The summed E-state index contributed by atoms with van der Waals surface area (Å²) in [6.45, 7) is 3.87. The minimum Gasteiger partial charge on any atom is -0.351 e. The second-order valence-corrected chi connectivity index (χ2v) is 5.70. The molecule has 0 amide bonds. The molecule has 3 heteroatoms. The minimum absolute atomic E-state index is 0.105. The average Bonchev–Trinajstić information content (AvgIpc) is 2.44. The number of rotatable bonds is 7. The lowest BCUT2D eigenvalue weighted by atomic mass is 9.95. The second kappa shape index (κ2) is 7.55. The molecule has 20 heavy (non-hydrogen) atoms. The van der Waals surface area contributed by atoms with E-state index in [2.05, 4.69) is 50.2 Å². The van der Waals surface area contributed by atoms with Crippen molar-refractivity contribution in [3.63, 3.8) is 0 Å². The van der Waals surface area contributed by atoms with Crippen LogP contribution in [0.15, 0.2) is 29.3 Å². The predicted molar refractivity (Wildman–Crippen MR) is 84.4 cm³/mol. The molecule has 1 aromatic carbocycles. The number of fused-ring (bicyclic) bond motifs is 1. The van der Waals surface area contributed by atoms with E-state index in [1.165, 1.54) is 29.7 Å². The number of aliphatic imine (C=N–C) groups is 1. The normalized spacial score (nSPS) is 18.0. The third-order valence-electron chi connectivity index (χ3n) is 3.65. The number of hydrogen-bond donors (Lipinski definition) is 0. The topological polar surface area (TPSA) is 24.8 Å². The second-order valence-electron chi connectivity index (χ2n) is 5.70. The summed E-state index contributed by atoms with van der Waals surface area (Å²) in [5.41, 5.74) is 3.91. The maximum Gasteiger partial charge on any atom is 0.174 e. The first-order valence-electron chi connectivity index (χ1n) is 7.60. The average molecular weight is 274 g/mol. The van der Waals surface area contributed by atoms with E-state index < -0.39 is 0 Å². The fourth-order valence-electron chi connectivity index (χ4n) is 2.44. The molecule has 2 rings (SSSR count). The van der Waals surface area contributed by atoms with Crippen molar-refractivity contribution in [3.05, 3.63) is 35.4 Å². The van der Waals surface area contributed by atoms with E-state index >= 15 is 0 Å². The minimum atomic E-state index is -0.105. The molecule has 1 unspecified atom stereocenters. The van der Waals surface area contributed by atoms with E-state index in [4.69, 9.17) is 9.73 Å². The van der Waals surface area contributed by atoms with Gasteiger partial charge in [0, 0.05) is 24.2 Å². The zero-order chi connectivity index (χ0) is 14.4. The Labute approximate surface area is 122 Å². The van der Waals surface area contributed by atoms with Gasteiger partial charge in [-0.25, -0.2) is 0 Å². The number of benzene rings is 1. The van der Waals surface area contributed by atoms with E-state index in [1.54, 1.807) is 0 Å².